The monoisotopic (exact) mass is 287 g/mol. The van der Waals surface area contributed by atoms with Crippen molar-refractivity contribution in [1.82, 2.24) is 5.32 Å². The predicted molar refractivity (Wildman–Crippen MR) is 84.1 cm³/mol. The fourth-order valence-electron chi connectivity index (χ4n) is 2.34. The van der Waals surface area contributed by atoms with Gasteiger partial charge in [-0.1, -0.05) is 49.4 Å². The van der Waals surface area contributed by atoms with Crippen molar-refractivity contribution in [2.75, 3.05) is 13.7 Å². The number of ether oxygens (including phenoxy) is 1. The zero-order valence-electron chi connectivity index (χ0n) is 12.6. The van der Waals surface area contributed by atoms with Crippen molar-refractivity contribution in [3.05, 3.63) is 65.5 Å². The van der Waals surface area contributed by atoms with Crippen molar-refractivity contribution >= 4 is 0 Å². The van der Waals surface area contributed by atoms with Crippen LogP contribution in [0.15, 0.2) is 48.5 Å². The van der Waals surface area contributed by atoms with Crippen molar-refractivity contribution in [2.24, 2.45) is 0 Å². The Bertz CT molecular complexity index is 556. The molecule has 0 saturated heterocycles. The molecule has 0 spiro atoms. The molecule has 0 heterocycles. The standard InChI is InChI=1S/C18H22FNO/c1-14(15-7-4-3-5-8-15)11-12-20-13-16-9-6-10-17(21-2)18(16)19/h3-10,14,20H,11-13H2,1-2H3. The van der Waals surface area contributed by atoms with Gasteiger partial charge in [-0.3, -0.25) is 0 Å². The Labute approximate surface area is 126 Å². The van der Waals surface area contributed by atoms with Gasteiger partial charge in [0.2, 0.25) is 0 Å². The molecule has 0 aliphatic carbocycles. The first kappa shape index (κ1) is 15.5. The average Bonchev–Trinajstić information content (AvgIpc) is 2.53. The van der Waals surface area contributed by atoms with Crippen LogP contribution >= 0.6 is 0 Å². The second-order valence-corrected chi connectivity index (χ2v) is 5.21. The summed E-state index contributed by atoms with van der Waals surface area (Å²) in [4.78, 5) is 0. The summed E-state index contributed by atoms with van der Waals surface area (Å²) in [6, 6.07) is 15.7. The number of nitrogens with one attached hydrogen (secondary N) is 1. The minimum absolute atomic E-state index is 0.274. The van der Waals surface area contributed by atoms with Crippen LogP contribution in [-0.4, -0.2) is 13.7 Å². The lowest BCUT2D eigenvalue weighted by Gasteiger charge is -2.13. The van der Waals surface area contributed by atoms with Crippen molar-refractivity contribution in [2.45, 2.75) is 25.8 Å². The topological polar surface area (TPSA) is 21.3 Å². The third-order valence-electron chi connectivity index (χ3n) is 3.70. The molecule has 0 aromatic heterocycles. The quantitative estimate of drug-likeness (QED) is 0.774. The van der Waals surface area contributed by atoms with E-state index in [9.17, 15) is 4.39 Å². The molecule has 3 heteroatoms. The van der Waals surface area contributed by atoms with Gasteiger partial charge in [0.25, 0.3) is 0 Å². The normalized spacial score (nSPS) is 12.1. The molecule has 2 aromatic carbocycles. The van der Waals surface area contributed by atoms with Crippen LogP contribution in [0.3, 0.4) is 0 Å². The summed E-state index contributed by atoms with van der Waals surface area (Å²) < 4.78 is 18.9. The molecule has 2 aromatic rings. The molecule has 21 heavy (non-hydrogen) atoms. The molecular weight excluding hydrogens is 265 g/mol. The van der Waals surface area contributed by atoms with Crippen molar-refractivity contribution in [3.8, 4) is 5.75 Å². The molecule has 1 atom stereocenters. The smallest absolute Gasteiger partial charge is 0.169 e. The lowest BCUT2D eigenvalue weighted by atomic mass is 9.98. The molecule has 0 bridgehead atoms. The maximum atomic E-state index is 14.0. The molecule has 0 aliphatic heterocycles. The predicted octanol–water partition coefficient (Wildman–Crippen LogP) is 4.12. The van der Waals surface area contributed by atoms with E-state index in [1.807, 2.05) is 12.1 Å². The molecule has 0 fully saturated rings. The zero-order valence-corrected chi connectivity index (χ0v) is 12.6. The number of halogens is 1. The Morgan fingerprint density at radius 3 is 2.57 bits per heavy atom. The molecule has 0 saturated carbocycles. The van der Waals surface area contributed by atoms with Gasteiger partial charge in [-0.05, 0) is 30.5 Å². The molecule has 2 nitrogen and oxygen atoms in total. The minimum Gasteiger partial charge on any atom is -0.494 e. The highest BCUT2D eigenvalue weighted by molar-refractivity contribution is 5.30. The fraction of sp³-hybridized carbons (Fsp3) is 0.333. The van der Waals surface area contributed by atoms with Gasteiger partial charge < -0.3 is 10.1 Å². The van der Waals surface area contributed by atoms with Gasteiger partial charge in [0.1, 0.15) is 0 Å². The average molecular weight is 287 g/mol. The van der Waals surface area contributed by atoms with Crippen LogP contribution in [-0.2, 0) is 6.54 Å². The molecule has 1 N–H and O–H groups in total. The van der Waals surface area contributed by atoms with Crippen LogP contribution < -0.4 is 10.1 Å². The molecule has 112 valence electrons. The highest BCUT2D eigenvalue weighted by atomic mass is 19.1. The van der Waals surface area contributed by atoms with E-state index in [1.54, 1.807) is 12.1 Å². The summed E-state index contributed by atoms with van der Waals surface area (Å²) in [5.41, 5.74) is 1.98. The molecular formula is C18H22FNO. The first-order valence-electron chi connectivity index (χ1n) is 7.29. The lowest BCUT2D eigenvalue weighted by molar-refractivity contribution is 0.383. The summed E-state index contributed by atoms with van der Waals surface area (Å²) >= 11 is 0. The van der Waals surface area contributed by atoms with Gasteiger partial charge in [-0.15, -0.1) is 0 Å². The summed E-state index contributed by atoms with van der Waals surface area (Å²) in [6.45, 7) is 3.58. The Hall–Kier alpha value is -1.87. The van der Waals surface area contributed by atoms with Crippen LogP contribution in [0.5, 0.6) is 5.75 Å². The van der Waals surface area contributed by atoms with Gasteiger partial charge in [0.05, 0.1) is 7.11 Å². The third-order valence-corrected chi connectivity index (χ3v) is 3.70. The van der Waals surface area contributed by atoms with E-state index in [1.165, 1.54) is 12.7 Å². The number of rotatable bonds is 7. The Kier molecular flexibility index (Phi) is 5.76. The van der Waals surface area contributed by atoms with Crippen molar-refractivity contribution in [1.29, 1.82) is 0 Å². The summed E-state index contributed by atoms with van der Waals surface area (Å²) in [5, 5.41) is 3.30. The first-order chi connectivity index (χ1) is 10.2. The SMILES string of the molecule is COc1cccc(CNCCC(C)c2ccccc2)c1F. The fourth-order valence-corrected chi connectivity index (χ4v) is 2.34. The van der Waals surface area contributed by atoms with E-state index in [0.29, 0.717) is 23.8 Å². The zero-order chi connectivity index (χ0) is 15.1. The van der Waals surface area contributed by atoms with Crippen molar-refractivity contribution < 1.29 is 9.13 Å². The second-order valence-electron chi connectivity index (χ2n) is 5.21. The number of hydrogen-bond donors (Lipinski definition) is 1. The summed E-state index contributed by atoms with van der Waals surface area (Å²) in [7, 11) is 1.48. The maximum Gasteiger partial charge on any atom is 0.169 e. The highest BCUT2D eigenvalue weighted by Crippen LogP contribution is 2.20. The van der Waals surface area contributed by atoms with Crippen LogP contribution in [0.25, 0.3) is 0 Å². The Morgan fingerprint density at radius 1 is 1.10 bits per heavy atom. The lowest BCUT2D eigenvalue weighted by Crippen LogP contribution is -2.17. The van der Waals surface area contributed by atoms with Crippen molar-refractivity contribution in [3.63, 3.8) is 0 Å². The van der Waals surface area contributed by atoms with Crippen LogP contribution in [0.2, 0.25) is 0 Å². The van der Waals surface area contributed by atoms with Crippen LogP contribution in [0.1, 0.15) is 30.4 Å². The van der Waals surface area contributed by atoms with Gasteiger partial charge >= 0.3 is 0 Å². The van der Waals surface area contributed by atoms with Crippen LogP contribution in [0, 0.1) is 5.82 Å². The van der Waals surface area contributed by atoms with E-state index in [2.05, 4.69) is 36.5 Å². The van der Waals surface area contributed by atoms with E-state index in [0.717, 1.165) is 13.0 Å². The Balaban J connectivity index is 1.80. The second kappa shape index (κ2) is 7.79. The van der Waals surface area contributed by atoms with Gasteiger partial charge in [0, 0.05) is 12.1 Å². The van der Waals surface area contributed by atoms with Gasteiger partial charge in [-0.2, -0.15) is 0 Å². The van der Waals surface area contributed by atoms with Gasteiger partial charge in [0.15, 0.2) is 11.6 Å². The van der Waals surface area contributed by atoms with E-state index in [-0.39, 0.29) is 5.82 Å². The number of methoxy groups -OCH3 is 1. The Morgan fingerprint density at radius 2 is 1.86 bits per heavy atom. The largest absolute Gasteiger partial charge is 0.494 e. The number of hydrogen-bond acceptors (Lipinski definition) is 2. The highest BCUT2D eigenvalue weighted by Gasteiger charge is 2.08. The molecule has 0 aliphatic rings. The summed E-state index contributed by atoms with van der Waals surface area (Å²) in [6.07, 6.45) is 1.02. The number of benzene rings is 2. The maximum absolute atomic E-state index is 14.0. The molecule has 0 amide bonds. The first-order valence-corrected chi connectivity index (χ1v) is 7.29. The molecule has 1 unspecified atom stereocenters. The molecule has 0 radical (unpaired) electrons. The van der Waals surface area contributed by atoms with E-state index in [4.69, 9.17) is 4.74 Å². The van der Waals surface area contributed by atoms with E-state index < -0.39 is 0 Å². The minimum atomic E-state index is -0.274. The van der Waals surface area contributed by atoms with E-state index >= 15 is 0 Å². The van der Waals surface area contributed by atoms with Crippen LogP contribution in [0.4, 0.5) is 4.39 Å². The summed E-state index contributed by atoms with van der Waals surface area (Å²) in [5.74, 6) is 0.518. The van der Waals surface area contributed by atoms with Gasteiger partial charge in [-0.25, -0.2) is 4.39 Å². The third kappa shape index (κ3) is 4.30. The molecule has 2 rings (SSSR count).